The van der Waals surface area contributed by atoms with E-state index in [9.17, 15) is 4.79 Å². The van der Waals surface area contributed by atoms with Crippen LogP contribution in [0.15, 0.2) is 30.3 Å². The molecule has 1 saturated heterocycles. The van der Waals surface area contributed by atoms with Gasteiger partial charge in [0.15, 0.2) is 0 Å². The van der Waals surface area contributed by atoms with Crippen molar-refractivity contribution in [1.82, 2.24) is 10.2 Å². The minimum Gasteiger partial charge on any atom is -0.330 e. The Kier molecular flexibility index (Phi) is 4.20. The number of para-hydroxylation sites is 1. The second-order valence-corrected chi connectivity index (χ2v) is 4.86. The monoisotopic (exact) mass is 247 g/mol. The average Bonchev–Trinajstić information content (AvgIpc) is 2.41. The molecule has 1 aliphatic rings. The Balaban J connectivity index is 2.25. The van der Waals surface area contributed by atoms with Crippen LogP contribution in [0.4, 0.5) is 10.5 Å². The quantitative estimate of drug-likeness (QED) is 0.866. The van der Waals surface area contributed by atoms with Gasteiger partial charge in [-0.1, -0.05) is 18.2 Å². The predicted octanol–water partition coefficient (Wildman–Crippen LogP) is 1.93. The molecule has 0 aromatic heterocycles. The second kappa shape index (κ2) is 5.87. The van der Waals surface area contributed by atoms with Crippen LogP contribution in [0, 0.1) is 0 Å². The van der Waals surface area contributed by atoms with Crippen LogP contribution in [0.2, 0.25) is 0 Å². The summed E-state index contributed by atoms with van der Waals surface area (Å²) in [6.45, 7) is 1.96. The van der Waals surface area contributed by atoms with Crippen molar-refractivity contribution in [2.45, 2.75) is 18.9 Å². The van der Waals surface area contributed by atoms with Gasteiger partial charge in [-0.3, -0.25) is 4.90 Å². The third-order valence-electron chi connectivity index (χ3n) is 3.30. The van der Waals surface area contributed by atoms with Gasteiger partial charge in [0.2, 0.25) is 0 Å². The number of carbonyl (C=O) groups is 1. The topological polar surface area (TPSA) is 35.6 Å². The van der Waals surface area contributed by atoms with E-state index in [0.29, 0.717) is 6.04 Å². The maximum absolute atomic E-state index is 12.4. The smallest absolute Gasteiger partial charge is 0.324 e. The number of nitrogens with zero attached hydrogens (tertiary/aromatic N) is 2. The van der Waals surface area contributed by atoms with Crippen molar-refractivity contribution >= 4 is 11.7 Å². The number of piperidine rings is 1. The number of rotatable bonds is 2. The molecule has 0 aliphatic carbocycles. The third-order valence-corrected chi connectivity index (χ3v) is 3.30. The van der Waals surface area contributed by atoms with Gasteiger partial charge in [0.1, 0.15) is 0 Å². The van der Waals surface area contributed by atoms with E-state index in [1.807, 2.05) is 35.2 Å². The highest BCUT2D eigenvalue weighted by Crippen LogP contribution is 2.22. The van der Waals surface area contributed by atoms with E-state index in [-0.39, 0.29) is 6.03 Å². The van der Waals surface area contributed by atoms with Crippen LogP contribution in [-0.2, 0) is 0 Å². The summed E-state index contributed by atoms with van der Waals surface area (Å²) in [7, 11) is 3.61. The molecular formula is C14H21N3O. The molecule has 0 spiro atoms. The van der Waals surface area contributed by atoms with E-state index in [1.54, 1.807) is 19.0 Å². The molecule has 2 amide bonds. The van der Waals surface area contributed by atoms with E-state index in [4.69, 9.17) is 0 Å². The number of urea groups is 1. The molecule has 1 aliphatic heterocycles. The SMILES string of the molecule is CN(C)C(=O)N(c1ccccc1)C1CCNCC1. The molecular weight excluding hydrogens is 226 g/mol. The number of anilines is 1. The Hall–Kier alpha value is -1.55. The molecule has 0 bridgehead atoms. The fourth-order valence-corrected chi connectivity index (χ4v) is 2.35. The molecule has 0 saturated carbocycles. The molecule has 1 heterocycles. The number of hydrogen-bond acceptors (Lipinski definition) is 2. The average molecular weight is 247 g/mol. The first-order chi connectivity index (χ1) is 8.70. The zero-order chi connectivity index (χ0) is 13.0. The fourth-order valence-electron chi connectivity index (χ4n) is 2.35. The van der Waals surface area contributed by atoms with Crippen LogP contribution < -0.4 is 10.2 Å². The molecule has 4 heteroatoms. The zero-order valence-corrected chi connectivity index (χ0v) is 11.1. The maximum atomic E-state index is 12.4. The Labute approximate surface area is 109 Å². The number of nitrogens with one attached hydrogen (secondary N) is 1. The van der Waals surface area contributed by atoms with Gasteiger partial charge < -0.3 is 10.2 Å². The molecule has 2 rings (SSSR count). The van der Waals surface area contributed by atoms with Crippen LogP contribution in [-0.4, -0.2) is 44.2 Å². The highest BCUT2D eigenvalue weighted by atomic mass is 16.2. The van der Waals surface area contributed by atoms with E-state index in [0.717, 1.165) is 31.6 Å². The Morgan fingerprint density at radius 1 is 1.17 bits per heavy atom. The fraction of sp³-hybridized carbons (Fsp3) is 0.500. The normalized spacial score (nSPS) is 16.3. The number of amides is 2. The van der Waals surface area contributed by atoms with Gasteiger partial charge in [0.25, 0.3) is 0 Å². The summed E-state index contributed by atoms with van der Waals surface area (Å²) < 4.78 is 0. The van der Waals surface area contributed by atoms with E-state index in [2.05, 4.69) is 5.32 Å². The molecule has 1 aromatic rings. The lowest BCUT2D eigenvalue weighted by atomic mass is 10.0. The van der Waals surface area contributed by atoms with Crippen molar-refractivity contribution < 1.29 is 4.79 Å². The Bertz CT molecular complexity index is 385. The Morgan fingerprint density at radius 2 is 1.78 bits per heavy atom. The molecule has 0 atom stereocenters. The molecule has 0 radical (unpaired) electrons. The van der Waals surface area contributed by atoms with Crippen molar-refractivity contribution in [2.75, 3.05) is 32.1 Å². The minimum atomic E-state index is 0.0631. The largest absolute Gasteiger partial charge is 0.330 e. The van der Waals surface area contributed by atoms with Gasteiger partial charge >= 0.3 is 6.03 Å². The molecule has 98 valence electrons. The van der Waals surface area contributed by atoms with Gasteiger partial charge in [0.05, 0.1) is 0 Å². The lowest BCUT2D eigenvalue weighted by Gasteiger charge is -2.36. The van der Waals surface area contributed by atoms with Crippen LogP contribution in [0.25, 0.3) is 0 Å². The number of carbonyl (C=O) groups excluding carboxylic acids is 1. The summed E-state index contributed by atoms with van der Waals surface area (Å²) in [5.74, 6) is 0. The molecule has 1 N–H and O–H groups in total. The lowest BCUT2D eigenvalue weighted by molar-refractivity contribution is 0.219. The molecule has 1 aromatic carbocycles. The lowest BCUT2D eigenvalue weighted by Crippen LogP contribution is -2.49. The zero-order valence-electron chi connectivity index (χ0n) is 11.1. The number of hydrogen-bond donors (Lipinski definition) is 1. The van der Waals surface area contributed by atoms with E-state index in [1.165, 1.54) is 0 Å². The van der Waals surface area contributed by atoms with E-state index < -0.39 is 0 Å². The summed E-state index contributed by atoms with van der Waals surface area (Å²) in [5, 5.41) is 3.34. The Morgan fingerprint density at radius 3 is 2.33 bits per heavy atom. The first kappa shape index (κ1) is 12.9. The van der Waals surface area contributed by atoms with Gasteiger partial charge in [-0.25, -0.2) is 4.79 Å². The molecule has 18 heavy (non-hydrogen) atoms. The maximum Gasteiger partial charge on any atom is 0.324 e. The highest BCUT2D eigenvalue weighted by Gasteiger charge is 2.27. The second-order valence-electron chi connectivity index (χ2n) is 4.86. The summed E-state index contributed by atoms with van der Waals surface area (Å²) in [6, 6.07) is 10.3. The third kappa shape index (κ3) is 2.82. The van der Waals surface area contributed by atoms with Gasteiger partial charge in [-0.2, -0.15) is 0 Å². The van der Waals surface area contributed by atoms with Crippen molar-refractivity contribution in [2.24, 2.45) is 0 Å². The molecule has 0 unspecified atom stereocenters. The van der Waals surface area contributed by atoms with Gasteiger partial charge in [-0.05, 0) is 38.1 Å². The highest BCUT2D eigenvalue weighted by molar-refractivity contribution is 5.92. The summed E-state index contributed by atoms with van der Waals surface area (Å²) in [4.78, 5) is 16.0. The van der Waals surface area contributed by atoms with Crippen molar-refractivity contribution in [1.29, 1.82) is 0 Å². The summed E-state index contributed by atoms with van der Waals surface area (Å²) in [5.41, 5.74) is 0.989. The van der Waals surface area contributed by atoms with Crippen LogP contribution in [0.1, 0.15) is 12.8 Å². The first-order valence-electron chi connectivity index (χ1n) is 6.46. The minimum absolute atomic E-state index is 0.0631. The van der Waals surface area contributed by atoms with Crippen molar-refractivity contribution in [3.8, 4) is 0 Å². The molecule has 1 fully saturated rings. The van der Waals surface area contributed by atoms with Crippen molar-refractivity contribution in [3.05, 3.63) is 30.3 Å². The standard InChI is InChI=1S/C14H21N3O/c1-16(2)14(18)17(12-6-4-3-5-7-12)13-8-10-15-11-9-13/h3-7,13,15H,8-11H2,1-2H3. The van der Waals surface area contributed by atoms with Gasteiger partial charge in [-0.15, -0.1) is 0 Å². The van der Waals surface area contributed by atoms with Crippen LogP contribution in [0.5, 0.6) is 0 Å². The van der Waals surface area contributed by atoms with Gasteiger partial charge in [0, 0.05) is 25.8 Å². The van der Waals surface area contributed by atoms with Crippen molar-refractivity contribution in [3.63, 3.8) is 0 Å². The van der Waals surface area contributed by atoms with Crippen LogP contribution in [0.3, 0.4) is 0 Å². The summed E-state index contributed by atoms with van der Waals surface area (Å²) in [6.07, 6.45) is 2.02. The van der Waals surface area contributed by atoms with Crippen LogP contribution >= 0.6 is 0 Å². The first-order valence-corrected chi connectivity index (χ1v) is 6.46. The molecule has 4 nitrogen and oxygen atoms in total. The predicted molar refractivity (Wildman–Crippen MR) is 73.9 cm³/mol. The number of benzene rings is 1. The summed E-state index contributed by atoms with van der Waals surface area (Å²) >= 11 is 0. The van der Waals surface area contributed by atoms with E-state index >= 15 is 0 Å².